The van der Waals surface area contributed by atoms with Gasteiger partial charge in [-0.15, -0.1) is 0 Å². The Morgan fingerprint density at radius 3 is 2.35 bits per heavy atom. The first kappa shape index (κ1) is 14.6. The fourth-order valence-corrected chi connectivity index (χ4v) is 2.60. The first-order valence-corrected chi connectivity index (χ1v) is 6.29. The van der Waals surface area contributed by atoms with E-state index in [1.165, 1.54) is 6.92 Å². The summed E-state index contributed by atoms with van der Waals surface area (Å²) in [6.07, 6.45) is -5.12. The molecular weight excluding hydrogens is 269 g/mol. The SMILES string of the molecule is Cc1nc(N)c2c(C)c(C)n(C(C)CC(F)(F)F)c2n1. The molecule has 7 heteroatoms. The largest absolute Gasteiger partial charge is 0.391 e. The summed E-state index contributed by atoms with van der Waals surface area (Å²) in [7, 11) is 0. The van der Waals surface area contributed by atoms with Gasteiger partial charge in [-0.3, -0.25) is 0 Å². The third kappa shape index (κ3) is 2.44. The molecule has 0 aliphatic carbocycles. The number of halogens is 3. The van der Waals surface area contributed by atoms with Gasteiger partial charge in [-0.1, -0.05) is 0 Å². The van der Waals surface area contributed by atoms with E-state index in [0.717, 1.165) is 11.3 Å². The van der Waals surface area contributed by atoms with E-state index >= 15 is 0 Å². The zero-order valence-electron chi connectivity index (χ0n) is 11.8. The van der Waals surface area contributed by atoms with Crippen LogP contribution in [0.5, 0.6) is 0 Å². The lowest BCUT2D eigenvalue weighted by Crippen LogP contribution is -2.17. The van der Waals surface area contributed by atoms with Crippen LogP contribution in [0.3, 0.4) is 0 Å². The zero-order valence-corrected chi connectivity index (χ0v) is 11.8. The van der Waals surface area contributed by atoms with Gasteiger partial charge in [0.05, 0.1) is 11.8 Å². The summed E-state index contributed by atoms with van der Waals surface area (Å²) in [4.78, 5) is 8.36. The highest BCUT2D eigenvalue weighted by Gasteiger charge is 2.32. The number of nitrogen functional groups attached to an aromatic ring is 1. The number of aromatic nitrogens is 3. The van der Waals surface area contributed by atoms with E-state index in [1.54, 1.807) is 18.4 Å². The number of hydrogen-bond acceptors (Lipinski definition) is 3. The fourth-order valence-electron chi connectivity index (χ4n) is 2.60. The van der Waals surface area contributed by atoms with Gasteiger partial charge in [0.25, 0.3) is 0 Å². The number of nitrogens with zero attached hydrogens (tertiary/aromatic N) is 3. The summed E-state index contributed by atoms with van der Waals surface area (Å²) < 4.78 is 39.5. The van der Waals surface area contributed by atoms with Crippen LogP contribution in [0.4, 0.5) is 19.0 Å². The summed E-state index contributed by atoms with van der Waals surface area (Å²) in [5.41, 5.74) is 7.92. The highest BCUT2D eigenvalue weighted by molar-refractivity contribution is 5.91. The molecule has 2 aromatic rings. The second kappa shape index (κ2) is 4.64. The third-order valence-electron chi connectivity index (χ3n) is 3.50. The Bertz CT molecular complexity index is 658. The van der Waals surface area contributed by atoms with Crippen molar-refractivity contribution in [3.8, 4) is 0 Å². The smallest absolute Gasteiger partial charge is 0.383 e. The van der Waals surface area contributed by atoms with Gasteiger partial charge < -0.3 is 10.3 Å². The minimum Gasteiger partial charge on any atom is -0.383 e. The van der Waals surface area contributed by atoms with Gasteiger partial charge >= 0.3 is 6.18 Å². The molecule has 0 bridgehead atoms. The van der Waals surface area contributed by atoms with Crippen molar-refractivity contribution in [3.63, 3.8) is 0 Å². The maximum atomic E-state index is 12.6. The quantitative estimate of drug-likeness (QED) is 0.920. The molecule has 0 saturated heterocycles. The van der Waals surface area contributed by atoms with Crippen molar-refractivity contribution in [3.05, 3.63) is 17.1 Å². The molecule has 1 unspecified atom stereocenters. The van der Waals surface area contributed by atoms with Crippen molar-refractivity contribution < 1.29 is 13.2 Å². The van der Waals surface area contributed by atoms with Crippen molar-refractivity contribution in [1.82, 2.24) is 14.5 Å². The monoisotopic (exact) mass is 286 g/mol. The van der Waals surface area contributed by atoms with Gasteiger partial charge in [0, 0.05) is 11.7 Å². The molecule has 0 aliphatic rings. The lowest BCUT2D eigenvalue weighted by atomic mass is 10.2. The highest BCUT2D eigenvalue weighted by atomic mass is 19.4. The van der Waals surface area contributed by atoms with Gasteiger partial charge in [0.1, 0.15) is 17.3 Å². The van der Waals surface area contributed by atoms with Crippen LogP contribution in [0, 0.1) is 20.8 Å². The van der Waals surface area contributed by atoms with Crippen LogP contribution < -0.4 is 5.73 Å². The molecule has 0 radical (unpaired) electrons. The maximum Gasteiger partial charge on any atom is 0.391 e. The Labute approximate surface area is 114 Å². The number of rotatable bonds is 2. The van der Waals surface area contributed by atoms with Crippen LogP contribution in [-0.2, 0) is 0 Å². The molecule has 0 spiro atoms. The number of nitrogens with two attached hydrogens (primary N) is 1. The molecule has 2 heterocycles. The van der Waals surface area contributed by atoms with Crippen LogP contribution in [0.25, 0.3) is 11.0 Å². The van der Waals surface area contributed by atoms with Crippen LogP contribution >= 0.6 is 0 Å². The number of anilines is 1. The lowest BCUT2D eigenvalue weighted by molar-refractivity contribution is -0.141. The van der Waals surface area contributed by atoms with E-state index in [0.29, 0.717) is 22.7 Å². The molecule has 20 heavy (non-hydrogen) atoms. The van der Waals surface area contributed by atoms with E-state index < -0.39 is 18.6 Å². The third-order valence-corrected chi connectivity index (χ3v) is 3.50. The van der Waals surface area contributed by atoms with Crippen molar-refractivity contribution in [2.75, 3.05) is 5.73 Å². The van der Waals surface area contributed by atoms with Crippen molar-refractivity contribution in [2.45, 2.75) is 46.3 Å². The van der Waals surface area contributed by atoms with Crippen molar-refractivity contribution >= 4 is 16.9 Å². The van der Waals surface area contributed by atoms with E-state index in [-0.39, 0.29) is 0 Å². The molecule has 2 aromatic heterocycles. The highest BCUT2D eigenvalue weighted by Crippen LogP contribution is 2.34. The number of hydrogen-bond donors (Lipinski definition) is 1. The van der Waals surface area contributed by atoms with Gasteiger partial charge in [-0.2, -0.15) is 13.2 Å². The van der Waals surface area contributed by atoms with E-state index in [9.17, 15) is 13.2 Å². The van der Waals surface area contributed by atoms with Gasteiger partial charge in [-0.05, 0) is 33.3 Å². The van der Waals surface area contributed by atoms with Gasteiger partial charge in [0.15, 0.2) is 0 Å². The topological polar surface area (TPSA) is 56.7 Å². The minimum atomic E-state index is -4.22. The van der Waals surface area contributed by atoms with Crippen LogP contribution in [0.1, 0.15) is 36.5 Å². The van der Waals surface area contributed by atoms with Crippen molar-refractivity contribution in [2.24, 2.45) is 0 Å². The maximum absolute atomic E-state index is 12.6. The number of fused-ring (bicyclic) bond motifs is 1. The molecule has 4 nitrogen and oxygen atoms in total. The predicted octanol–water partition coefficient (Wildman–Crippen LogP) is 3.45. The second-order valence-corrected chi connectivity index (χ2v) is 5.10. The Morgan fingerprint density at radius 2 is 1.80 bits per heavy atom. The lowest BCUT2D eigenvalue weighted by Gasteiger charge is -2.18. The Hall–Kier alpha value is -1.79. The minimum absolute atomic E-state index is 0.311. The normalized spacial score (nSPS) is 13.9. The molecule has 1 atom stereocenters. The summed E-state index contributed by atoms with van der Waals surface area (Å²) in [5.74, 6) is 0.763. The molecule has 0 amide bonds. The van der Waals surface area contributed by atoms with Crippen LogP contribution in [0.2, 0.25) is 0 Å². The average Bonchev–Trinajstić information content (AvgIpc) is 2.48. The first-order valence-electron chi connectivity index (χ1n) is 6.29. The first-order chi connectivity index (χ1) is 9.11. The average molecular weight is 286 g/mol. The van der Waals surface area contributed by atoms with Crippen molar-refractivity contribution in [1.29, 1.82) is 0 Å². The van der Waals surface area contributed by atoms with E-state index in [1.807, 2.05) is 6.92 Å². The van der Waals surface area contributed by atoms with E-state index in [4.69, 9.17) is 5.73 Å². The Morgan fingerprint density at radius 1 is 1.20 bits per heavy atom. The standard InChI is InChI=1S/C13H17F3N4/c1-6(5-13(14,15)16)20-8(3)7(2)10-11(17)18-9(4)19-12(10)20/h6H,5H2,1-4H3,(H2,17,18,19). The summed E-state index contributed by atoms with van der Waals surface area (Å²) in [5, 5.41) is 0.641. The number of alkyl halides is 3. The molecule has 0 saturated carbocycles. The van der Waals surface area contributed by atoms with Crippen LogP contribution in [0.15, 0.2) is 0 Å². The molecule has 0 aliphatic heterocycles. The molecular formula is C13H17F3N4. The summed E-state index contributed by atoms with van der Waals surface area (Å²) in [6.45, 7) is 6.81. The summed E-state index contributed by atoms with van der Waals surface area (Å²) in [6, 6.07) is -0.736. The predicted molar refractivity (Wildman–Crippen MR) is 71.5 cm³/mol. The van der Waals surface area contributed by atoms with E-state index in [2.05, 4.69) is 9.97 Å². The number of aryl methyl sites for hydroxylation is 2. The molecule has 110 valence electrons. The molecule has 0 fully saturated rings. The van der Waals surface area contributed by atoms with Crippen LogP contribution in [-0.4, -0.2) is 20.7 Å². The fraction of sp³-hybridized carbons (Fsp3) is 0.538. The second-order valence-electron chi connectivity index (χ2n) is 5.10. The van der Waals surface area contributed by atoms with Gasteiger partial charge in [0.2, 0.25) is 0 Å². The van der Waals surface area contributed by atoms with Gasteiger partial charge in [-0.25, -0.2) is 9.97 Å². The zero-order chi connectivity index (χ0) is 15.2. The molecule has 0 aromatic carbocycles. The Kier molecular flexibility index (Phi) is 3.39. The summed E-state index contributed by atoms with van der Waals surface area (Å²) >= 11 is 0. The molecule has 2 rings (SSSR count). The molecule has 2 N–H and O–H groups in total. The Balaban J connectivity index is 2.67.